The molecule has 0 aliphatic carbocycles. The van der Waals surface area contributed by atoms with Crippen molar-refractivity contribution < 1.29 is 47.2 Å². The SMILES string of the molecule is COc1cc(C2NC(=O)c3ccccc3N2)ccc1OCCCCCOc1c(OC)cc(-c2cc(-c3cc(OC)c(OC)c(OC)c3)on2)cc1OC. The first-order valence-electron chi connectivity index (χ1n) is 17.0. The highest BCUT2D eigenvalue weighted by molar-refractivity contribution is 6.01. The van der Waals surface area contributed by atoms with Crippen molar-refractivity contribution in [1.29, 1.82) is 0 Å². The number of anilines is 1. The van der Waals surface area contributed by atoms with E-state index in [-0.39, 0.29) is 12.1 Å². The first-order valence-corrected chi connectivity index (χ1v) is 17.0. The van der Waals surface area contributed by atoms with E-state index in [0.29, 0.717) is 81.8 Å². The Morgan fingerprint density at radius 3 is 1.89 bits per heavy atom. The molecule has 1 amide bonds. The molecule has 1 unspecified atom stereocenters. The molecule has 1 aromatic heterocycles. The smallest absolute Gasteiger partial charge is 0.255 e. The van der Waals surface area contributed by atoms with Crippen LogP contribution in [0.2, 0.25) is 0 Å². The molecule has 1 aliphatic heterocycles. The lowest BCUT2D eigenvalue weighted by Crippen LogP contribution is -2.38. The van der Waals surface area contributed by atoms with E-state index in [9.17, 15) is 4.79 Å². The lowest BCUT2D eigenvalue weighted by atomic mass is 10.1. The van der Waals surface area contributed by atoms with Crippen molar-refractivity contribution >= 4 is 11.6 Å². The van der Waals surface area contributed by atoms with Gasteiger partial charge in [0.2, 0.25) is 11.5 Å². The molecular formula is C40H43N3O10. The summed E-state index contributed by atoms with van der Waals surface area (Å²) in [6, 6.07) is 22.1. The molecule has 0 fully saturated rings. The normalized spacial score (nSPS) is 13.2. The Labute approximate surface area is 308 Å². The number of benzene rings is 4. The fourth-order valence-electron chi connectivity index (χ4n) is 6.04. The van der Waals surface area contributed by atoms with Gasteiger partial charge in [-0.05, 0) is 73.4 Å². The molecular weight excluding hydrogens is 682 g/mol. The molecule has 6 rings (SSSR count). The van der Waals surface area contributed by atoms with Gasteiger partial charge in [0.25, 0.3) is 5.91 Å². The predicted octanol–water partition coefficient (Wildman–Crippen LogP) is 7.54. The fourth-order valence-corrected chi connectivity index (χ4v) is 6.04. The van der Waals surface area contributed by atoms with E-state index < -0.39 is 0 Å². The molecule has 0 saturated heterocycles. The zero-order valence-electron chi connectivity index (χ0n) is 30.6. The Bertz CT molecular complexity index is 2000. The number of unbranched alkanes of at least 4 members (excludes halogenated alkanes) is 2. The molecule has 4 aromatic carbocycles. The van der Waals surface area contributed by atoms with Crippen molar-refractivity contribution in [2.75, 3.05) is 61.2 Å². The molecule has 13 heteroatoms. The number of fused-ring (bicyclic) bond motifs is 1. The molecule has 0 radical (unpaired) electrons. The zero-order chi connectivity index (χ0) is 37.3. The van der Waals surface area contributed by atoms with Crippen molar-refractivity contribution in [3.63, 3.8) is 0 Å². The number of aromatic nitrogens is 1. The lowest BCUT2D eigenvalue weighted by molar-refractivity contribution is 0.0935. The minimum Gasteiger partial charge on any atom is -0.493 e. The number of nitrogens with zero attached hydrogens (tertiary/aromatic N) is 1. The number of nitrogens with one attached hydrogen (secondary N) is 2. The van der Waals surface area contributed by atoms with Gasteiger partial charge in [0.1, 0.15) is 11.9 Å². The van der Waals surface area contributed by atoms with Crippen molar-refractivity contribution in [1.82, 2.24) is 10.5 Å². The summed E-state index contributed by atoms with van der Waals surface area (Å²) in [5.74, 6) is 4.59. The Kier molecular flexibility index (Phi) is 11.6. The molecule has 2 N–H and O–H groups in total. The summed E-state index contributed by atoms with van der Waals surface area (Å²) < 4.78 is 51.3. The first-order chi connectivity index (χ1) is 25.9. The number of hydrogen-bond acceptors (Lipinski definition) is 12. The number of hydrogen-bond donors (Lipinski definition) is 2. The average molecular weight is 726 g/mol. The van der Waals surface area contributed by atoms with Crippen molar-refractivity contribution in [2.24, 2.45) is 0 Å². The summed E-state index contributed by atoms with van der Waals surface area (Å²) in [4.78, 5) is 12.6. The topological polar surface area (TPSA) is 141 Å². The van der Waals surface area contributed by atoms with Crippen LogP contribution in [0.5, 0.6) is 46.0 Å². The quantitative estimate of drug-likeness (QED) is 0.0915. The van der Waals surface area contributed by atoms with Crippen molar-refractivity contribution in [2.45, 2.75) is 25.4 Å². The molecule has 278 valence electrons. The summed E-state index contributed by atoms with van der Waals surface area (Å²) in [6.07, 6.45) is 2.06. The van der Waals surface area contributed by atoms with Gasteiger partial charge in [-0.2, -0.15) is 0 Å². The molecule has 1 atom stereocenters. The second-order valence-corrected chi connectivity index (χ2v) is 12.0. The van der Waals surface area contributed by atoms with Crippen LogP contribution in [0, 0.1) is 0 Å². The number of para-hydroxylation sites is 1. The number of ether oxygens (including phenoxy) is 8. The molecule has 1 aliphatic rings. The minimum atomic E-state index is -0.385. The molecule has 2 heterocycles. The summed E-state index contributed by atoms with van der Waals surface area (Å²) in [7, 11) is 9.42. The van der Waals surface area contributed by atoms with E-state index in [0.717, 1.165) is 36.1 Å². The third kappa shape index (κ3) is 7.98. The summed E-state index contributed by atoms with van der Waals surface area (Å²) in [5, 5.41) is 10.7. The monoisotopic (exact) mass is 725 g/mol. The van der Waals surface area contributed by atoms with Crippen LogP contribution in [0.4, 0.5) is 5.69 Å². The average Bonchev–Trinajstić information content (AvgIpc) is 3.70. The molecule has 13 nitrogen and oxygen atoms in total. The van der Waals surface area contributed by atoms with Crippen LogP contribution in [0.3, 0.4) is 0 Å². The van der Waals surface area contributed by atoms with Gasteiger partial charge in [-0.15, -0.1) is 0 Å². The highest BCUT2D eigenvalue weighted by Gasteiger charge is 2.25. The number of carbonyl (C=O) groups is 1. The van der Waals surface area contributed by atoms with Crippen LogP contribution in [0.25, 0.3) is 22.6 Å². The second-order valence-electron chi connectivity index (χ2n) is 12.0. The van der Waals surface area contributed by atoms with E-state index in [1.54, 1.807) is 60.9 Å². The molecule has 0 spiro atoms. The van der Waals surface area contributed by atoms with Crippen LogP contribution in [-0.4, -0.2) is 66.9 Å². The maximum absolute atomic E-state index is 12.6. The summed E-state index contributed by atoms with van der Waals surface area (Å²) in [5.41, 5.74) is 4.26. The van der Waals surface area contributed by atoms with Gasteiger partial charge >= 0.3 is 0 Å². The van der Waals surface area contributed by atoms with Crippen LogP contribution < -0.4 is 48.5 Å². The van der Waals surface area contributed by atoms with E-state index >= 15 is 0 Å². The zero-order valence-corrected chi connectivity index (χ0v) is 30.6. The van der Waals surface area contributed by atoms with Gasteiger partial charge in [-0.3, -0.25) is 4.79 Å². The maximum Gasteiger partial charge on any atom is 0.255 e. The molecule has 53 heavy (non-hydrogen) atoms. The fraction of sp³-hybridized carbons (Fsp3) is 0.300. The van der Waals surface area contributed by atoms with Gasteiger partial charge < -0.3 is 53.1 Å². The molecule has 0 saturated carbocycles. The number of methoxy groups -OCH3 is 6. The number of rotatable bonds is 17. The third-order valence-electron chi connectivity index (χ3n) is 8.78. The standard InChI is InChI=1S/C40H43N3O10/c1-45-32-18-24(39-41-28-13-9-8-12-27(28)40(44)42-39)14-15-30(32)51-16-10-7-11-17-52-38-35(48-4)19-25(20-36(38)49-5)29-23-31(53-43-29)26-21-33(46-2)37(50-6)34(22-26)47-3/h8-9,12-15,18-23,39,41H,7,10-11,16-17H2,1-6H3,(H,42,44). The van der Waals surface area contributed by atoms with Crippen LogP contribution in [0.1, 0.15) is 41.3 Å². The van der Waals surface area contributed by atoms with E-state index in [2.05, 4.69) is 15.8 Å². The van der Waals surface area contributed by atoms with Gasteiger partial charge in [-0.1, -0.05) is 23.4 Å². The Morgan fingerprint density at radius 1 is 0.604 bits per heavy atom. The molecule has 0 bridgehead atoms. The number of amides is 1. The van der Waals surface area contributed by atoms with E-state index in [1.165, 1.54) is 0 Å². The van der Waals surface area contributed by atoms with Crippen molar-refractivity contribution in [3.05, 3.63) is 83.9 Å². The number of carbonyl (C=O) groups excluding carboxylic acids is 1. The Morgan fingerprint density at radius 2 is 1.23 bits per heavy atom. The van der Waals surface area contributed by atoms with Crippen LogP contribution in [0.15, 0.2) is 77.3 Å². The summed E-state index contributed by atoms with van der Waals surface area (Å²) >= 11 is 0. The Balaban J connectivity index is 1.02. The van der Waals surface area contributed by atoms with Gasteiger partial charge in [0.05, 0.1) is 61.4 Å². The third-order valence-corrected chi connectivity index (χ3v) is 8.78. The van der Waals surface area contributed by atoms with Crippen LogP contribution >= 0.6 is 0 Å². The van der Waals surface area contributed by atoms with Crippen molar-refractivity contribution in [3.8, 4) is 68.6 Å². The van der Waals surface area contributed by atoms with Gasteiger partial charge in [0, 0.05) is 22.9 Å². The second kappa shape index (κ2) is 16.9. The van der Waals surface area contributed by atoms with E-state index in [4.69, 9.17) is 42.4 Å². The lowest BCUT2D eigenvalue weighted by Gasteiger charge is -2.28. The predicted molar refractivity (Wildman–Crippen MR) is 198 cm³/mol. The first kappa shape index (κ1) is 36.5. The summed E-state index contributed by atoms with van der Waals surface area (Å²) in [6.45, 7) is 0.946. The Hall–Kier alpha value is -6.24. The molecule has 5 aromatic rings. The highest BCUT2D eigenvalue weighted by Crippen LogP contribution is 2.44. The maximum atomic E-state index is 12.6. The largest absolute Gasteiger partial charge is 0.493 e. The van der Waals surface area contributed by atoms with Gasteiger partial charge in [-0.25, -0.2) is 0 Å². The van der Waals surface area contributed by atoms with Crippen LogP contribution in [-0.2, 0) is 0 Å². The minimum absolute atomic E-state index is 0.128. The van der Waals surface area contributed by atoms with E-state index in [1.807, 2.05) is 54.6 Å². The van der Waals surface area contributed by atoms with Gasteiger partial charge in [0.15, 0.2) is 40.3 Å². The highest BCUT2D eigenvalue weighted by atomic mass is 16.5.